The van der Waals surface area contributed by atoms with Crippen molar-refractivity contribution in [2.24, 2.45) is 0 Å². The van der Waals surface area contributed by atoms with E-state index in [2.05, 4.69) is 26.8 Å². The van der Waals surface area contributed by atoms with Crippen LogP contribution in [0.5, 0.6) is 5.75 Å². The van der Waals surface area contributed by atoms with E-state index in [9.17, 15) is 9.18 Å². The number of alkyl halides is 1. The summed E-state index contributed by atoms with van der Waals surface area (Å²) in [5.41, 5.74) is 1.23. The predicted octanol–water partition coefficient (Wildman–Crippen LogP) is 4.53. The van der Waals surface area contributed by atoms with E-state index in [0.29, 0.717) is 18.1 Å². The standard InChI is InChI=1S/C25H25FN4O5S/c1-30(25(31)32)22-15-27-17(14-28-22)6-2-3-7-23-29-20-10-9-18(12-21(20)36-23)34-16-19(13-26)35-24-8-4-5-11-33-24/h3,7,9-10,12,14-15,19,24H,4-5,8,11,13,16H2,1H3,(H,31,32)/b7-3+/t19-,24?/m0/s1. The van der Waals surface area contributed by atoms with Gasteiger partial charge in [-0.3, -0.25) is 4.90 Å². The van der Waals surface area contributed by atoms with Gasteiger partial charge >= 0.3 is 6.09 Å². The summed E-state index contributed by atoms with van der Waals surface area (Å²) in [6, 6.07) is 5.52. The smallest absolute Gasteiger partial charge is 0.412 e. The molecule has 1 aliphatic rings. The Morgan fingerprint density at radius 3 is 3.00 bits per heavy atom. The first-order valence-electron chi connectivity index (χ1n) is 11.3. The van der Waals surface area contributed by atoms with Crippen molar-refractivity contribution in [2.75, 3.05) is 31.8 Å². The summed E-state index contributed by atoms with van der Waals surface area (Å²) in [7, 11) is 1.39. The minimum absolute atomic E-state index is 0.0967. The lowest BCUT2D eigenvalue weighted by molar-refractivity contribution is -0.195. The second-order valence-corrected chi connectivity index (χ2v) is 8.97. The van der Waals surface area contributed by atoms with Gasteiger partial charge < -0.3 is 19.3 Å². The van der Waals surface area contributed by atoms with Crippen LogP contribution in [0.4, 0.5) is 15.0 Å². The number of aromatic nitrogens is 3. The molecule has 0 aliphatic carbocycles. The number of thiazole rings is 1. The Hall–Kier alpha value is -3.59. The number of fused-ring (bicyclic) bond motifs is 1. The molecule has 1 unspecified atom stereocenters. The number of nitrogens with zero attached hydrogens (tertiary/aromatic N) is 4. The van der Waals surface area contributed by atoms with Crippen LogP contribution >= 0.6 is 11.3 Å². The van der Waals surface area contributed by atoms with E-state index in [1.54, 1.807) is 18.2 Å². The van der Waals surface area contributed by atoms with Crippen LogP contribution < -0.4 is 9.64 Å². The van der Waals surface area contributed by atoms with Crippen molar-refractivity contribution in [3.63, 3.8) is 0 Å². The summed E-state index contributed by atoms with van der Waals surface area (Å²) >= 11 is 1.47. The quantitative estimate of drug-likeness (QED) is 0.439. The van der Waals surface area contributed by atoms with Gasteiger partial charge in [-0.05, 0) is 55.5 Å². The highest BCUT2D eigenvalue weighted by atomic mass is 32.1. The third-order valence-corrected chi connectivity index (χ3v) is 6.23. The van der Waals surface area contributed by atoms with E-state index in [-0.39, 0.29) is 18.7 Å². The van der Waals surface area contributed by atoms with Gasteiger partial charge in [0.1, 0.15) is 35.8 Å². The molecule has 0 radical (unpaired) electrons. The highest BCUT2D eigenvalue weighted by molar-refractivity contribution is 7.19. The number of carboxylic acid groups (broad SMARTS) is 1. The minimum Gasteiger partial charge on any atom is -0.491 e. The zero-order chi connectivity index (χ0) is 25.3. The number of carbonyl (C=O) groups is 1. The maximum Gasteiger partial charge on any atom is 0.412 e. The van der Waals surface area contributed by atoms with Gasteiger partial charge in [-0.15, -0.1) is 11.3 Å². The Labute approximate surface area is 211 Å². The number of hydrogen-bond donors (Lipinski definition) is 1. The second kappa shape index (κ2) is 12.4. The van der Waals surface area contributed by atoms with Gasteiger partial charge in [-0.25, -0.2) is 24.1 Å². The average Bonchev–Trinajstić information content (AvgIpc) is 3.31. The molecule has 1 fully saturated rings. The van der Waals surface area contributed by atoms with E-state index < -0.39 is 18.9 Å². The third kappa shape index (κ3) is 6.97. The number of benzene rings is 1. The Morgan fingerprint density at radius 1 is 1.39 bits per heavy atom. The number of rotatable bonds is 8. The molecule has 36 heavy (non-hydrogen) atoms. The fraction of sp³-hybridized carbons (Fsp3) is 0.360. The van der Waals surface area contributed by atoms with Crippen molar-refractivity contribution >= 4 is 39.5 Å². The van der Waals surface area contributed by atoms with Gasteiger partial charge in [0, 0.05) is 13.7 Å². The lowest BCUT2D eigenvalue weighted by atomic mass is 10.2. The summed E-state index contributed by atoms with van der Waals surface area (Å²) in [5, 5.41) is 9.72. The molecule has 1 saturated heterocycles. The zero-order valence-corrected chi connectivity index (χ0v) is 20.4. The third-order valence-electron chi connectivity index (χ3n) is 5.24. The van der Waals surface area contributed by atoms with Crippen LogP contribution in [0.2, 0.25) is 0 Å². The maximum atomic E-state index is 13.4. The van der Waals surface area contributed by atoms with E-state index in [0.717, 1.165) is 39.4 Å². The van der Waals surface area contributed by atoms with Gasteiger partial charge in [-0.2, -0.15) is 0 Å². The summed E-state index contributed by atoms with van der Waals surface area (Å²) in [4.78, 5) is 24.6. The highest BCUT2D eigenvalue weighted by Crippen LogP contribution is 2.27. The molecule has 188 valence electrons. The first-order valence-corrected chi connectivity index (χ1v) is 12.2. The van der Waals surface area contributed by atoms with Crippen LogP contribution in [0.15, 0.2) is 36.7 Å². The summed E-state index contributed by atoms with van der Waals surface area (Å²) < 4.78 is 31.3. The van der Waals surface area contributed by atoms with Crippen LogP contribution in [0.25, 0.3) is 16.3 Å². The van der Waals surface area contributed by atoms with Crippen molar-refractivity contribution < 1.29 is 28.5 Å². The molecule has 3 heterocycles. The number of ether oxygens (including phenoxy) is 3. The van der Waals surface area contributed by atoms with Gasteiger partial charge in [0.05, 0.1) is 22.6 Å². The van der Waals surface area contributed by atoms with Gasteiger partial charge in [0.15, 0.2) is 12.1 Å². The molecular weight excluding hydrogens is 487 g/mol. The Bertz CT molecular complexity index is 1260. The van der Waals surface area contributed by atoms with Gasteiger partial charge in [-0.1, -0.05) is 5.92 Å². The van der Waals surface area contributed by atoms with E-state index in [1.165, 1.54) is 30.8 Å². The number of hydrogen-bond acceptors (Lipinski definition) is 8. The van der Waals surface area contributed by atoms with Crippen LogP contribution in [0, 0.1) is 11.8 Å². The monoisotopic (exact) mass is 512 g/mol. The molecule has 2 atom stereocenters. The predicted molar refractivity (Wildman–Crippen MR) is 134 cm³/mol. The molecule has 0 saturated carbocycles. The van der Waals surface area contributed by atoms with E-state index >= 15 is 0 Å². The fourth-order valence-corrected chi connectivity index (χ4v) is 4.21. The largest absolute Gasteiger partial charge is 0.491 e. The van der Waals surface area contributed by atoms with Crippen molar-refractivity contribution in [1.82, 2.24) is 15.0 Å². The molecule has 1 aliphatic heterocycles. The Kier molecular flexibility index (Phi) is 8.78. The van der Waals surface area contributed by atoms with Crippen LogP contribution in [0.1, 0.15) is 30.0 Å². The molecule has 9 nitrogen and oxygen atoms in total. The molecule has 1 aromatic carbocycles. The Balaban J connectivity index is 1.33. The lowest BCUT2D eigenvalue weighted by Crippen LogP contribution is -2.32. The van der Waals surface area contributed by atoms with Crippen molar-refractivity contribution in [2.45, 2.75) is 31.7 Å². The summed E-state index contributed by atoms with van der Waals surface area (Å²) in [5.74, 6) is 6.54. The molecule has 1 amide bonds. The molecule has 11 heteroatoms. The first-order chi connectivity index (χ1) is 17.5. The summed E-state index contributed by atoms with van der Waals surface area (Å²) in [6.45, 7) is 0.0930. The van der Waals surface area contributed by atoms with Crippen LogP contribution in [0.3, 0.4) is 0 Å². The molecule has 2 aromatic heterocycles. The molecule has 1 N–H and O–H groups in total. The van der Waals surface area contributed by atoms with E-state index in [1.807, 2.05) is 12.1 Å². The second-order valence-electron chi connectivity index (χ2n) is 7.91. The Morgan fingerprint density at radius 2 is 2.28 bits per heavy atom. The zero-order valence-electron chi connectivity index (χ0n) is 19.6. The first kappa shape index (κ1) is 25.5. The number of amides is 1. The van der Waals surface area contributed by atoms with Crippen LogP contribution in [-0.4, -0.2) is 65.5 Å². The molecule has 0 spiro atoms. The molecule has 4 rings (SSSR count). The fourth-order valence-electron chi connectivity index (χ4n) is 3.31. The summed E-state index contributed by atoms with van der Waals surface area (Å²) in [6.07, 6.45) is 6.83. The van der Waals surface area contributed by atoms with E-state index in [4.69, 9.17) is 19.3 Å². The number of halogens is 1. The number of anilines is 1. The van der Waals surface area contributed by atoms with Crippen LogP contribution in [-0.2, 0) is 9.47 Å². The minimum atomic E-state index is -1.12. The molecular formula is C25H25FN4O5S. The van der Waals surface area contributed by atoms with Gasteiger partial charge in [0.25, 0.3) is 0 Å². The maximum absolute atomic E-state index is 13.4. The van der Waals surface area contributed by atoms with Crippen molar-refractivity contribution in [3.05, 3.63) is 47.4 Å². The highest BCUT2D eigenvalue weighted by Gasteiger charge is 2.20. The molecule has 0 bridgehead atoms. The normalized spacial score (nSPS) is 16.4. The lowest BCUT2D eigenvalue weighted by Gasteiger charge is -2.26. The van der Waals surface area contributed by atoms with Gasteiger partial charge in [0.2, 0.25) is 0 Å². The average molecular weight is 513 g/mol. The SMILES string of the molecule is CN(C(=O)O)c1cnc(C#C/C=C/c2nc3ccc(OC[C@H](CF)OC4CCCCO4)cc3s2)cn1. The molecule has 3 aromatic rings. The van der Waals surface area contributed by atoms with Crippen molar-refractivity contribution in [3.8, 4) is 17.6 Å². The topological polar surface area (TPSA) is 107 Å². The van der Waals surface area contributed by atoms with Crippen molar-refractivity contribution in [1.29, 1.82) is 0 Å². The number of allylic oxidation sites excluding steroid dienone is 1.